The molecule has 0 aromatic heterocycles. The zero-order chi connectivity index (χ0) is 27.1. The van der Waals surface area contributed by atoms with Gasteiger partial charge in [0.15, 0.2) is 0 Å². The molecule has 0 atom stereocenters. The van der Waals surface area contributed by atoms with Crippen LogP contribution in [0.1, 0.15) is 126 Å². The van der Waals surface area contributed by atoms with E-state index in [9.17, 15) is 20.4 Å². The normalized spacial score (nSPS) is 12.5. The summed E-state index contributed by atoms with van der Waals surface area (Å²) in [6.07, 6.45) is 6.71. The Labute approximate surface area is 219 Å². The first-order valence-corrected chi connectivity index (χ1v) is 13.8. The summed E-state index contributed by atoms with van der Waals surface area (Å²) in [6.45, 7) is 15.2. The first kappa shape index (κ1) is 30.2. The minimum atomic E-state index is -0.229. The third-order valence-corrected chi connectivity index (χ3v) is 7.09. The Kier molecular flexibility index (Phi) is 10.9. The van der Waals surface area contributed by atoms with Crippen LogP contribution < -0.4 is 0 Å². The third-order valence-electron chi connectivity index (χ3n) is 7.09. The number of benzene rings is 2. The summed E-state index contributed by atoms with van der Waals surface area (Å²) in [5.41, 5.74) is 5.48. The molecular formula is C32H50O4. The first-order chi connectivity index (χ1) is 16.8. The van der Waals surface area contributed by atoms with E-state index in [1.807, 2.05) is 0 Å². The van der Waals surface area contributed by atoms with Crippen LogP contribution in [0.25, 0.3) is 0 Å². The maximum absolute atomic E-state index is 11.6. The fourth-order valence-electron chi connectivity index (χ4n) is 5.05. The van der Waals surface area contributed by atoms with Gasteiger partial charge in [-0.1, -0.05) is 79.2 Å². The molecule has 36 heavy (non-hydrogen) atoms. The van der Waals surface area contributed by atoms with Gasteiger partial charge >= 0.3 is 0 Å². The van der Waals surface area contributed by atoms with Gasteiger partial charge in [0.25, 0.3) is 0 Å². The first-order valence-electron chi connectivity index (χ1n) is 13.8. The van der Waals surface area contributed by atoms with Gasteiger partial charge in [0.2, 0.25) is 0 Å². The Morgan fingerprint density at radius 1 is 0.639 bits per heavy atom. The molecule has 0 bridgehead atoms. The molecular weight excluding hydrogens is 448 g/mol. The number of aliphatic hydroxyl groups is 2. The van der Waals surface area contributed by atoms with E-state index in [1.165, 1.54) is 0 Å². The van der Waals surface area contributed by atoms with Crippen LogP contribution >= 0.6 is 0 Å². The highest BCUT2D eigenvalue weighted by molar-refractivity contribution is 5.56. The number of rotatable bonds is 12. The molecule has 0 unspecified atom stereocenters. The summed E-state index contributed by atoms with van der Waals surface area (Å²) in [6, 6.07) is 8.48. The number of aliphatic hydroxyl groups excluding tert-OH is 2. The van der Waals surface area contributed by atoms with E-state index >= 15 is 0 Å². The van der Waals surface area contributed by atoms with E-state index in [2.05, 4.69) is 72.7 Å². The molecule has 0 aliphatic carbocycles. The molecule has 0 spiro atoms. The Balaban J connectivity index is 2.76. The second-order valence-electron chi connectivity index (χ2n) is 12.4. The lowest BCUT2D eigenvalue weighted by Gasteiger charge is -2.29. The molecule has 0 aliphatic rings. The van der Waals surface area contributed by atoms with Gasteiger partial charge in [-0.2, -0.15) is 0 Å². The number of aromatic hydroxyl groups is 2. The van der Waals surface area contributed by atoms with Crippen LogP contribution in [-0.2, 0) is 23.7 Å². The molecule has 2 aromatic rings. The monoisotopic (exact) mass is 498 g/mol. The lowest BCUT2D eigenvalue weighted by Crippen LogP contribution is -2.16. The quantitative estimate of drug-likeness (QED) is 0.232. The SMILES string of the molecule is CCCC(c1cc(CCCCO)cc(C(C)(C)C)c1O)c1cc(CCCCO)cc(C(C)(C)C)c1O. The van der Waals surface area contributed by atoms with E-state index in [4.69, 9.17) is 0 Å². The topological polar surface area (TPSA) is 80.9 Å². The highest BCUT2D eigenvalue weighted by Gasteiger charge is 2.29. The summed E-state index contributed by atoms with van der Waals surface area (Å²) in [5, 5.41) is 41.7. The zero-order valence-electron chi connectivity index (χ0n) is 23.7. The predicted molar refractivity (Wildman–Crippen MR) is 150 cm³/mol. The van der Waals surface area contributed by atoms with Crippen molar-refractivity contribution in [3.8, 4) is 11.5 Å². The Hall–Kier alpha value is -2.04. The van der Waals surface area contributed by atoms with Crippen LogP contribution in [0.3, 0.4) is 0 Å². The van der Waals surface area contributed by atoms with E-state index in [0.29, 0.717) is 11.5 Å². The van der Waals surface area contributed by atoms with Crippen molar-refractivity contribution in [2.45, 2.75) is 117 Å². The van der Waals surface area contributed by atoms with Crippen molar-refractivity contribution in [2.24, 2.45) is 0 Å². The lowest BCUT2D eigenvalue weighted by molar-refractivity contribution is 0.284. The van der Waals surface area contributed by atoms with E-state index in [-0.39, 0.29) is 30.0 Å². The number of hydrogen-bond acceptors (Lipinski definition) is 4. The predicted octanol–water partition coefficient (Wildman–Crippen LogP) is 7.25. The van der Waals surface area contributed by atoms with Gasteiger partial charge in [0.1, 0.15) is 11.5 Å². The van der Waals surface area contributed by atoms with E-state index in [0.717, 1.165) is 84.7 Å². The van der Waals surface area contributed by atoms with Crippen molar-refractivity contribution in [3.05, 3.63) is 57.6 Å². The molecule has 0 aliphatic heterocycles. The van der Waals surface area contributed by atoms with Gasteiger partial charge in [-0.3, -0.25) is 0 Å². The second kappa shape index (κ2) is 13.0. The summed E-state index contributed by atoms with van der Waals surface area (Å²) in [5.74, 6) is 0.524. The molecule has 4 heteroatoms. The molecule has 0 heterocycles. The lowest BCUT2D eigenvalue weighted by atomic mass is 9.76. The number of hydrogen-bond donors (Lipinski definition) is 4. The fraction of sp³-hybridized carbons (Fsp3) is 0.625. The van der Waals surface area contributed by atoms with E-state index < -0.39 is 0 Å². The molecule has 4 nitrogen and oxygen atoms in total. The maximum Gasteiger partial charge on any atom is 0.123 e. The molecule has 0 amide bonds. The average Bonchev–Trinajstić information content (AvgIpc) is 2.78. The van der Waals surface area contributed by atoms with Crippen molar-refractivity contribution in [1.82, 2.24) is 0 Å². The molecule has 0 fully saturated rings. The van der Waals surface area contributed by atoms with Crippen molar-refractivity contribution < 1.29 is 20.4 Å². The summed E-state index contributed by atoms with van der Waals surface area (Å²) in [7, 11) is 0. The Bertz CT molecular complexity index is 902. The minimum absolute atomic E-state index is 0.132. The second-order valence-corrected chi connectivity index (χ2v) is 12.4. The molecule has 0 saturated heterocycles. The van der Waals surface area contributed by atoms with Crippen molar-refractivity contribution in [2.75, 3.05) is 13.2 Å². The van der Waals surface area contributed by atoms with Crippen LogP contribution in [-0.4, -0.2) is 33.6 Å². The Morgan fingerprint density at radius 2 is 1.03 bits per heavy atom. The molecule has 0 radical (unpaired) electrons. The zero-order valence-corrected chi connectivity index (χ0v) is 23.7. The van der Waals surface area contributed by atoms with Gasteiger partial charge in [0.05, 0.1) is 0 Å². The summed E-state index contributed by atoms with van der Waals surface area (Å²) < 4.78 is 0. The molecule has 202 valence electrons. The smallest absolute Gasteiger partial charge is 0.123 e. The molecule has 4 N–H and O–H groups in total. The van der Waals surface area contributed by atoms with Gasteiger partial charge < -0.3 is 20.4 Å². The molecule has 2 rings (SSSR count). The standard InChI is InChI=1S/C32H50O4/c1-8-13-24(25-18-22(14-9-11-16-33)20-27(29(25)35)31(2,3)4)26-19-23(15-10-12-17-34)21-28(30(26)36)32(5,6)7/h18-21,24,33-36H,8-17H2,1-7H3. The maximum atomic E-state index is 11.6. The molecule has 2 aromatic carbocycles. The van der Waals surface area contributed by atoms with Gasteiger partial charge in [-0.15, -0.1) is 0 Å². The third kappa shape index (κ3) is 7.73. The van der Waals surface area contributed by atoms with Crippen molar-refractivity contribution >= 4 is 0 Å². The summed E-state index contributed by atoms with van der Waals surface area (Å²) in [4.78, 5) is 0. The van der Waals surface area contributed by atoms with Crippen LogP contribution in [0.5, 0.6) is 11.5 Å². The number of unbranched alkanes of at least 4 members (excludes halogenated alkanes) is 2. The highest BCUT2D eigenvalue weighted by atomic mass is 16.3. The van der Waals surface area contributed by atoms with Gasteiger partial charge in [0, 0.05) is 30.3 Å². The van der Waals surface area contributed by atoms with E-state index in [1.54, 1.807) is 0 Å². The van der Waals surface area contributed by atoms with Crippen LogP contribution in [0, 0.1) is 0 Å². The average molecular weight is 499 g/mol. The van der Waals surface area contributed by atoms with Crippen LogP contribution in [0.15, 0.2) is 24.3 Å². The highest BCUT2D eigenvalue weighted by Crippen LogP contribution is 2.46. The van der Waals surface area contributed by atoms with Gasteiger partial charge in [-0.05, 0) is 78.0 Å². The fourth-order valence-corrected chi connectivity index (χ4v) is 5.05. The largest absolute Gasteiger partial charge is 0.507 e. The van der Waals surface area contributed by atoms with Crippen molar-refractivity contribution in [1.29, 1.82) is 0 Å². The molecule has 0 saturated carbocycles. The summed E-state index contributed by atoms with van der Waals surface area (Å²) >= 11 is 0. The number of phenols is 2. The van der Waals surface area contributed by atoms with Crippen molar-refractivity contribution in [3.63, 3.8) is 0 Å². The minimum Gasteiger partial charge on any atom is -0.507 e. The van der Waals surface area contributed by atoms with Crippen LogP contribution in [0.2, 0.25) is 0 Å². The Morgan fingerprint density at radius 3 is 1.33 bits per heavy atom. The van der Waals surface area contributed by atoms with Crippen LogP contribution in [0.4, 0.5) is 0 Å². The van der Waals surface area contributed by atoms with Gasteiger partial charge in [-0.25, -0.2) is 0 Å². The number of phenolic OH excluding ortho intramolecular Hbond substituents is 2. The number of aryl methyl sites for hydroxylation is 2.